The highest BCUT2D eigenvalue weighted by Gasteiger charge is 2.47. The minimum Gasteiger partial charge on any atom is -0.324 e. The summed E-state index contributed by atoms with van der Waals surface area (Å²) in [4.78, 5) is 36.0. The van der Waals surface area contributed by atoms with Gasteiger partial charge < -0.3 is 10.2 Å². The number of aryl methyl sites for hydroxylation is 2. The van der Waals surface area contributed by atoms with Gasteiger partial charge in [-0.25, -0.2) is 0 Å². The van der Waals surface area contributed by atoms with Crippen LogP contribution in [0.3, 0.4) is 0 Å². The number of hydrogen-bond acceptors (Lipinski definition) is 4. The molecule has 1 N–H and O–H groups in total. The Labute approximate surface area is 308 Å². The van der Waals surface area contributed by atoms with Gasteiger partial charge in [-0.1, -0.05) is 135 Å². The average Bonchev–Trinajstić information content (AvgIpc) is 3.19. The number of anilines is 2. The van der Waals surface area contributed by atoms with Gasteiger partial charge in [0.25, 0.3) is 0 Å². The predicted molar refractivity (Wildman–Crippen MR) is 216 cm³/mol. The summed E-state index contributed by atoms with van der Waals surface area (Å²) in [6.07, 6.45) is 11.0. The van der Waals surface area contributed by atoms with E-state index in [4.69, 9.17) is 0 Å². The third kappa shape index (κ3) is 9.58. The molecular weight excluding hydrogens is 641 g/mol. The summed E-state index contributed by atoms with van der Waals surface area (Å²) < 4.78 is 0. The second kappa shape index (κ2) is 19.1. The van der Waals surface area contributed by atoms with Crippen LogP contribution in [-0.4, -0.2) is 27.8 Å². The fourth-order valence-electron chi connectivity index (χ4n) is 6.73. The minimum atomic E-state index is -0.149. The topological polar surface area (TPSA) is 75.2 Å². The van der Waals surface area contributed by atoms with Crippen molar-refractivity contribution in [1.82, 2.24) is 9.97 Å². The van der Waals surface area contributed by atoms with Crippen molar-refractivity contribution in [3.63, 3.8) is 0 Å². The molecule has 7 rings (SSSR count). The van der Waals surface area contributed by atoms with Crippen molar-refractivity contribution >= 4 is 45.0 Å². The van der Waals surface area contributed by atoms with E-state index in [-0.39, 0.29) is 29.7 Å². The molecule has 52 heavy (non-hydrogen) atoms. The summed E-state index contributed by atoms with van der Waals surface area (Å²) in [5.41, 5.74) is 6.10. The predicted octanol–water partition coefficient (Wildman–Crippen LogP) is 10.8. The van der Waals surface area contributed by atoms with E-state index in [1.165, 1.54) is 11.1 Å². The Kier molecular flexibility index (Phi) is 13.8. The summed E-state index contributed by atoms with van der Waals surface area (Å²) in [6, 6.07) is 40.8. The molecular formula is C46H50N4O2. The zero-order chi connectivity index (χ0) is 36.7. The zero-order valence-corrected chi connectivity index (χ0v) is 30.6. The Morgan fingerprint density at radius 3 is 2.00 bits per heavy atom. The maximum atomic E-state index is 12.9. The van der Waals surface area contributed by atoms with Crippen LogP contribution in [-0.2, 0) is 16.0 Å². The lowest BCUT2D eigenvalue weighted by atomic mass is 9.80. The number of para-hydroxylation sites is 2. The molecule has 1 fully saturated rings. The summed E-state index contributed by atoms with van der Waals surface area (Å²) in [6.45, 7) is 10.0. The lowest BCUT2D eigenvalue weighted by molar-refractivity contribution is -0.130. The average molecular weight is 691 g/mol. The Balaban J connectivity index is 0.000000175. The first-order valence-electron chi connectivity index (χ1n) is 18.4. The first-order chi connectivity index (χ1) is 25.4. The van der Waals surface area contributed by atoms with Crippen molar-refractivity contribution in [2.75, 3.05) is 10.2 Å². The van der Waals surface area contributed by atoms with Gasteiger partial charge in [0.15, 0.2) is 0 Å². The maximum Gasteiger partial charge on any atom is 0.232 e. The van der Waals surface area contributed by atoms with Gasteiger partial charge in [0.1, 0.15) is 0 Å². The number of hydrogen-bond donors (Lipinski definition) is 1. The van der Waals surface area contributed by atoms with Crippen LogP contribution in [0.4, 0.5) is 11.4 Å². The van der Waals surface area contributed by atoms with Gasteiger partial charge in [0.2, 0.25) is 11.8 Å². The Morgan fingerprint density at radius 2 is 1.38 bits per heavy atom. The second-order valence-electron chi connectivity index (χ2n) is 13.2. The molecule has 2 aromatic heterocycles. The van der Waals surface area contributed by atoms with Crippen LogP contribution in [0.25, 0.3) is 21.8 Å². The van der Waals surface area contributed by atoms with Crippen molar-refractivity contribution in [3.8, 4) is 0 Å². The largest absolute Gasteiger partial charge is 0.324 e. The van der Waals surface area contributed by atoms with E-state index in [9.17, 15) is 9.59 Å². The molecule has 0 saturated carbocycles. The zero-order valence-electron chi connectivity index (χ0n) is 30.6. The molecule has 0 bridgehead atoms. The number of pyridine rings is 2. The number of nitrogens with one attached hydrogen (secondary N) is 1. The maximum absolute atomic E-state index is 12.9. The molecule has 3 heterocycles. The van der Waals surface area contributed by atoms with Crippen molar-refractivity contribution in [3.05, 3.63) is 158 Å². The van der Waals surface area contributed by atoms with Crippen LogP contribution in [0.2, 0.25) is 0 Å². The van der Waals surface area contributed by atoms with Crippen molar-refractivity contribution in [2.24, 2.45) is 11.8 Å². The summed E-state index contributed by atoms with van der Waals surface area (Å²) in [5, 5.41) is 5.05. The molecule has 0 radical (unpaired) electrons. The van der Waals surface area contributed by atoms with Crippen LogP contribution in [0.5, 0.6) is 0 Å². The van der Waals surface area contributed by atoms with Crippen LogP contribution < -0.4 is 10.2 Å². The normalized spacial score (nSPS) is 15.4. The molecule has 1 aliphatic heterocycles. The molecule has 6 aromatic rings. The second-order valence-corrected chi connectivity index (χ2v) is 13.2. The SMILES string of the molecule is C=CC(CCC)C(=O)Nc1cccc2cccnc12.CCCC1C(=O)N(c2cccc3cccnc23)C1CCc1ccccc1.Cc1ccccc1. The fraction of sp³-hybridized carbons (Fsp3) is 0.261. The van der Waals surface area contributed by atoms with Gasteiger partial charge in [-0.2, -0.15) is 0 Å². The van der Waals surface area contributed by atoms with Crippen molar-refractivity contribution in [1.29, 1.82) is 0 Å². The van der Waals surface area contributed by atoms with Gasteiger partial charge in [0, 0.05) is 29.2 Å². The van der Waals surface area contributed by atoms with E-state index < -0.39 is 0 Å². The van der Waals surface area contributed by atoms with Crippen molar-refractivity contribution in [2.45, 2.75) is 65.3 Å². The number of carbonyl (C=O) groups is 2. The smallest absolute Gasteiger partial charge is 0.232 e. The molecule has 0 aliphatic carbocycles. The Morgan fingerprint density at radius 1 is 0.769 bits per heavy atom. The standard InChI is InChI=1S/C23H24N2O.C16H18N2O.C7H8/c1-2-8-19-20(15-14-17-9-4-3-5-10-17)25(23(19)26)21-13-6-11-18-12-7-16-24-22(18)21;1-3-7-12(4-2)16(19)18-14-10-5-8-13-9-6-11-17-15(13)14;1-7-5-3-2-4-6-7/h3-7,9-13,16,19-20H,2,8,14-15H2,1H3;4-6,8-12H,2-3,7H2,1H3,(H,18,19);2-6H,1H3. The molecule has 6 nitrogen and oxygen atoms in total. The number of aromatic nitrogens is 2. The van der Waals surface area contributed by atoms with Crippen LogP contribution in [0.1, 0.15) is 57.1 Å². The highest BCUT2D eigenvalue weighted by Crippen LogP contribution is 2.40. The number of β-lactam (4-membered cyclic amide) rings is 1. The molecule has 3 unspecified atom stereocenters. The monoisotopic (exact) mass is 690 g/mol. The lowest BCUT2D eigenvalue weighted by Gasteiger charge is -2.47. The third-order valence-corrected chi connectivity index (χ3v) is 9.44. The number of amides is 2. The highest BCUT2D eigenvalue weighted by molar-refractivity contribution is 6.08. The summed E-state index contributed by atoms with van der Waals surface area (Å²) in [7, 11) is 0. The highest BCUT2D eigenvalue weighted by atomic mass is 16.2. The molecule has 1 aliphatic rings. The van der Waals surface area contributed by atoms with Gasteiger partial charge in [-0.3, -0.25) is 19.6 Å². The van der Waals surface area contributed by atoms with E-state index in [1.807, 2.05) is 77.7 Å². The molecule has 3 atom stereocenters. The van der Waals surface area contributed by atoms with Gasteiger partial charge in [-0.15, -0.1) is 6.58 Å². The van der Waals surface area contributed by atoms with E-state index in [1.54, 1.807) is 18.5 Å². The van der Waals surface area contributed by atoms with Crippen LogP contribution in [0, 0.1) is 18.8 Å². The Hall–Kier alpha value is -5.62. The minimum absolute atomic E-state index is 0.0185. The molecule has 0 spiro atoms. The van der Waals surface area contributed by atoms with Gasteiger partial charge in [0.05, 0.1) is 34.2 Å². The molecule has 4 aromatic carbocycles. The van der Waals surface area contributed by atoms with Crippen molar-refractivity contribution < 1.29 is 9.59 Å². The van der Waals surface area contributed by atoms with Crippen LogP contribution >= 0.6 is 0 Å². The summed E-state index contributed by atoms with van der Waals surface area (Å²) >= 11 is 0. The first-order valence-corrected chi connectivity index (χ1v) is 18.4. The van der Waals surface area contributed by atoms with E-state index in [0.717, 1.165) is 71.7 Å². The number of nitrogens with zero attached hydrogens (tertiary/aromatic N) is 3. The number of fused-ring (bicyclic) bond motifs is 2. The van der Waals surface area contributed by atoms with Gasteiger partial charge in [-0.05, 0) is 62.4 Å². The molecule has 2 amide bonds. The van der Waals surface area contributed by atoms with Crippen LogP contribution in [0.15, 0.2) is 146 Å². The summed E-state index contributed by atoms with van der Waals surface area (Å²) in [5.74, 6) is 0.227. The fourth-order valence-corrected chi connectivity index (χ4v) is 6.73. The van der Waals surface area contributed by atoms with E-state index >= 15 is 0 Å². The first kappa shape index (κ1) is 37.6. The molecule has 6 heteroatoms. The number of rotatable bonds is 11. The molecule has 266 valence electrons. The molecule has 1 saturated heterocycles. The third-order valence-electron chi connectivity index (χ3n) is 9.44. The van der Waals surface area contributed by atoms with E-state index in [2.05, 4.69) is 91.2 Å². The quantitative estimate of drug-likeness (QED) is 0.108. The van der Waals surface area contributed by atoms with Gasteiger partial charge >= 0.3 is 0 Å². The Bertz CT molecular complexity index is 2040. The van der Waals surface area contributed by atoms with E-state index in [0.29, 0.717) is 0 Å². The number of benzene rings is 4. The number of carbonyl (C=O) groups excluding carboxylic acids is 2. The lowest BCUT2D eigenvalue weighted by Crippen LogP contribution is -2.61.